The van der Waals surface area contributed by atoms with Crippen molar-refractivity contribution in [1.29, 1.82) is 0 Å². The van der Waals surface area contributed by atoms with Crippen LogP contribution in [-0.2, 0) is 0 Å². The van der Waals surface area contributed by atoms with E-state index >= 15 is 0 Å². The number of thiocarbonyl (C=S) groups is 1. The Bertz CT molecular complexity index is 1230. The first kappa shape index (κ1) is 17.2. The fraction of sp³-hybridized carbons (Fsp3) is 0.0909. The zero-order valence-corrected chi connectivity index (χ0v) is 15.7. The van der Waals surface area contributed by atoms with Crippen LogP contribution in [0.15, 0.2) is 75.9 Å². The average molecular weight is 375 g/mol. The van der Waals surface area contributed by atoms with E-state index in [1.807, 2.05) is 74.8 Å². The first-order valence-electron chi connectivity index (χ1n) is 8.48. The van der Waals surface area contributed by atoms with Gasteiger partial charge >= 0.3 is 0 Å². The quantitative estimate of drug-likeness (QED) is 0.370. The highest BCUT2D eigenvalue weighted by Gasteiger charge is 2.11. The van der Waals surface area contributed by atoms with Crippen LogP contribution in [0.1, 0.15) is 0 Å². The van der Waals surface area contributed by atoms with Gasteiger partial charge in [-0.1, -0.05) is 42.5 Å². The molecule has 0 aliphatic rings. The summed E-state index contributed by atoms with van der Waals surface area (Å²) in [5, 5.41) is 2.87. The second-order valence-electron chi connectivity index (χ2n) is 6.43. The van der Waals surface area contributed by atoms with Gasteiger partial charge < -0.3 is 14.1 Å². The maximum Gasteiger partial charge on any atom is 0.264 e. The van der Waals surface area contributed by atoms with Gasteiger partial charge in [-0.2, -0.15) is 0 Å². The summed E-state index contributed by atoms with van der Waals surface area (Å²) in [5.41, 5.74) is 1.26. The molecule has 5 heteroatoms. The van der Waals surface area contributed by atoms with Gasteiger partial charge in [-0.15, -0.1) is 0 Å². The third-order valence-corrected chi connectivity index (χ3v) is 4.76. The van der Waals surface area contributed by atoms with Crippen LogP contribution in [0.2, 0.25) is 0 Å². The molecule has 0 N–H and O–H groups in total. The lowest BCUT2D eigenvalue weighted by Gasteiger charge is -2.14. The van der Waals surface area contributed by atoms with Crippen LogP contribution in [0, 0.1) is 0 Å². The van der Waals surface area contributed by atoms with Crippen molar-refractivity contribution in [2.24, 2.45) is 0 Å². The fourth-order valence-corrected chi connectivity index (χ4v) is 3.03. The Morgan fingerprint density at radius 3 is 2.59 bits per heavy atom. The minimum absolute atomic E-state index is 0.0767. The van der Waals surface area contributed by atoms with Crippen molar-refractivity contribution in [3.63, 3.8) is 0 Å². The lowest BCUT2D eigenvalue weighted by Crippen LogP contribution is -2.24. The number of ether oxygens (including phenoxy) is 1. The monoisotopic (exact) mass is 375 g/mol. The number of nitrogens with zero attached hydrogens (tertiary/aromatic N) is 1. The molecule has 3 aromatic carbocycles. The predicted molar refractivity (Wildman–Crippen MR) is 112 cm³/mol. The summed E-state index contributed by atoms with van der Waals surface area (Å²) in [6, 6.07) is 20.5. The van der Waals surface area contributed by atoms with E-state index < -0.39 is 0 Å². The number of fused-ring (bicyclic) bond motifs is 3. The van der Waals surface area contributed by atoms with E-state index in [0.29, 0.717) is 27.7 Å². The van der Waals surface area contributed by atoms with Crippen LogP contribution in [0.3, 0.4) is 0 Å². The van der Waals surface area contributed by atoms with Crippen molar-refractivity contribution in [2.45, 2.75) is 0 Å². The third-order valence-electron chi connectivity index (χ3n) is 4.31. The second kappa shape index (κ2) is 6.85. The molecular formula is C22H17NO3S. The van der Waals surface area contributed by atoms with Crippen LogP contribution in [-0.4, -0.2) is 24.2 Å². The van der Waals surface area contributed by atoms with Crippen LogP contribution in [0.5, 0.6) is 5.75 Å². The summed E-state index contributed by atoms with van der Waals surface area (Å²) < 4.78 is 11.8. The van der Waals surface area contributed by atoms with E-state index in [9.17, 15) is 4.79 Å². The van der Waals surface area contributed by atoms with E-state index in [2.05, 4.69) is 0 Å². The molecule has 0 aliphatic carbocycles. The molecule has 0 saturated carbocycles. The normalized spacial score (nSPS) is 10.9. The molecule has 0 spiro atoms. The summed E-state index contributed by atoms with van der Waals surface area (Å²) in [6.45, 7) is 0. The van der Waals surface area contributed by atoms with E-state index in [4.69, 9.17) is 21.4 Å². The maximum atomic E-state index is 12.6. The van der Waals surface area contributed by atoms with Gasteiger partial charge in [0.15, 0.2) is 5.43 Å². The molecule has 4 rings (SSSR count). The topological polar surface area (TPSA) is 42.7 Å². The second-order valence-corrected chi connectivity index (χ2v) is 6.78. The van der Waals surface area contributed by atoms with E-state index in [-0.39, 0.29) is 5.43 Å². The van der Waals surface area contributed by atoms with E-state index in [0.717, 1.165) is 16.3 Å². The van der Waals surface area contributed by atoms with Crippen molar-refractivity contribution in [3.05, 3.63) is 77.0 Å². The first-order chi connectivity index (χ1) is 13.0. The Kier molecular flexibility index (Phi) is 4.38. The molecule has 1 heterocycles. The molecule has 0 bridgehead atoms. The maximum absolute atomic E-state index is 12.6. The smallest absolute Gasteiger partial charge is 0.264 e. The van der Waals surface area contributed by atoms with Crippen LogP contribution in [0.25, 0.3) is 33.1 Å². The number of hydrogen-bond donors (Lipinski definition) is 0. The molecule has 0 amide bonds. The minimum atomic E-state index is -0.0767. The molecule has 0 saturated heterocycles. The van der Waals surface area contributed by atoms with E-state index in [1.165, 1.54) is 6.07 Å². The minimum Gasteiger partial charge on any atom is -0.455 e. The Balaban J connectivity index is 1.86. The van der Waals surface area contributed by atoms with Crippen molar-refractivity contribution in [1.82, 2.24) is 4.90 Å². The molecule has 27 heavy (non-hydrogen) atoms. The summed E-state index contributed by atoms with van der Waals surface area (Å²) >= 11 is 5.19. The molecular weight excluding hydrogens is 358 g/mol. The lowest BCUT2D eigenvalue weighted by atomic mass is 10.1. The lowest BCUT2D eigenvalue weighted by molar-refractivity contribution is 0.449. The zero-order valence-electron chi connectivity index (χ0n) is 14.9. The van der Waals surface area contributed by atoms with Gasteiger partial charge in [-0.3, -0.25) is 4.79 Å². The molecule has 0 aliphatic heterocycles. The Hall–Kier alpha value is -3.18. The highest BCUT2D eigenvalue weighted by atomic mass is 32.1. The van der Waals surface area contributed by atoms with Crippen molar-refractivity contribution in [3.8, 4) is 17.1 Å². The van der Waals surface area contributed by atoms with Gasteiger partial charge in [-0.05, 0) is 35.8 Å². The van der Waals surface area contributed by atoms with Crippen LogP contribution in [0.4, 0.5) is 0 Å². The van der Waals surface area contributed by atoms with Gasteiger partial charge in [0.05, 0.1) is 5.39 Å². The number of rotatable bonds is 2. The Morgan fingerprint density at radius 2 is 1.78 bits per heavy atom. The summed E-state index contributed by atoms with van der Waals surface area (Å²) in [7, 11) is 3.64. The van der Waals surface area contributed by atoms with Gasteiger partial charge in [0.25, 0.3) is 5.17 Å². The first-order valence-corrected chi connectivity index (χ1v) is 8.89. The van der Waals surface area contributed by atoms with Gasteiger partial charge in [-0.25, -0.2) is 0 Å². The average Bonchev–Trinajstić information content (AvgIpc) is 2.68. The highest BCUT2D eigenvalue weighted by Crippen LogP contribution is 2.29. The van der Waals surface area contributed by atoms with Crippen molar-refractivity contribution in [2.75, 3.05) is 14.1 Å². The van der Waals surface area contributed by atoms with Crippen molar-refractivity contribution >= 4 is 39.1 Å². The Morgan fingerprint density at radius 1 is 0.963 bits per heavy atom. The van der Waals surface area contributed by atoms with Gasteiger partial charge in [0.1, 0.15) is 17.1 Å². The standard InChI is InChI=1S/C22H17NO3S/c1-23(2)22(27)25-16-8-5-7-15(12-16)20-13-19(24)18-11-10-14-6-3-4-9-17(14)21(18)26-20/h3-13H,1-2H3. The summed E-state index contributed by atoms with van der Waals surface area (Å²) in [5.74, 6) is 1.08. The summed E-state index contributed by atoms with van der Waals surface area (Å²) in [4.78, 5) is 14.4. The molecule has 1 aromatic heterocycles. The molecule has 0 unspecified atom stereocenters. The number of benzene rings is 3. The molecule has 0 fully saturated rings. The highest BCUT2D eigenvalue weighted by molar-refractivity contribution is 7.80. The molecule has 0 radical (unpaired) electrons. The zero-order chi connectivity index (χ0) is 19.0. The molecule has 134 valence electrons. The van der Waals surface area contributed by atoms with E-state index in [1.54, 1.807) is 4.90 Å². The number of hydrogen-bond acceptors (Lipinski definition) is 4. The summed E-state index contributed by atoms with van der Waals surface area (Å²) in [6.07, 6.45) is 0. The fourth-order valence-electron chi connectivity index (χ4n) is 2.93. The van der Waals surface area contributed by atoms with Crippen LogP contribution < -0.4 is 10.2 Å². The third kappa shape index (κ3) is 3.29. The molecule has 0 atom stereocenters. The van der Waals surface area contributed by atoms with Gasteiger partial charge in [0.2, 0.25) is 0 Å². The SMILES string of the molecule is CN(C)C(=S)Oc1cccc(-c2cc(=O)c3ccc4ccccc4c3o2)c1. The Labute approximate surface area is 161 Å². The molecule has 4 nitrogen and oxygen atoms in total. The molecule has 4 aromatic rings. The van der Waals surface area contributed by atoms with Crippen molar-refractivity contribution < 1.29 is 9.15 Å². The van der Waals surface area contributed by atoms with Crippen LogP contribution >= 0.6 is 12.2 Å². The van der Waals surface area contributed by atoms with Gasteiger partial charge in [0, 0.05) is 31.1 Å². The predicted octanol–water partition coefficient (Wildman–Crippen LogP) is 4.84. The largest absolute Gasteiger partial charge is 0.455 e.